The molecule has 6 nitrogen and oxygen atoms in total. The highest BCUT2D eigenvalue weighted by Crippen LogP contribution is 2.45. The van der Waals surface area contributed by atoms with Crippen LogP contribution >= 0.6 is 0 Å². The lowest BCUT2D eigenvalue weighted by Crippen LogP contribution is -2.27. The van der Waals surface area contributed by atoms with E-state index in [-0.39, 0.29) is 29.5 Å². The SMILES string of the molecule is COc1ccc(C2COc3c(ccc(O)c3CC=C(C)C)C2=O)c(O)c1O. The van der Waals surface area contributed by atoms with Gasteiger partial charge in [0, 0.05) is 11.1 Å². The van der Waals surface area contributed by atoms with Gasteiger partial charge in [-0.25, -0.2) is 0 Å². The Kier molecular flexibility index (Phi) is 4.99. The number of hydrogen-bond donors (Lipinski definition) is 3. The zero-order chi connectivity index (χ0) is 19.7. The zero-order valence-corrected chi connectivity index (χ0v) is 15.4. The lowest BCUT2D eigenvalue weighted by Gasteiger charge is -2.27. The number of aromatic hydroxyl groups is 3. The molecule has 0 aliphatic carbocycles. The van der Waals surface area contributed by atoms with Crippen molar-refractivity contribution in [2.45, 2.75) is 26.2 Å². The van der Waals surface area contributed by atoms with Gasteiger partial charge in [-0.2, -0.15) is 0 Å². The lowest BCUT2D eigenvalue weighted by molar-refractivity contribution is 0.0892. The molecule has 0 saturated heterocycles. The first kappa shape index (κ1) is 18.6. The Morgan fingerprint density at radius 1 is 1.19 bits per heavy atom. The van der Waals surface area contributed by atoms with E-state index in [2.05, 4.69) is 0 Å². The molecule has 0 bridgehead atoms. The summed E-state index contributed by atoms with van der Waals surface area (Å²) in [4.78, 5) is 13.0. The van der Waals surface area contributed by atoms with Crippen LogP contribution in [0.15, 0.2) is 35.9 Å². The van der Waals surface area contributed by atoms with Gasteiger partial charge in [0.1, 0.15) is 18.1 Å². The molecule has 27 heavy (non-hydrogen) atoms. The number of ketones is 1. The van der Waals surface area contributed by atoms with E-state index in [4.69, 9.17) is 9.47 Å². The number of rotatable bonds is 4. The van der Waals surface area contributed by atoms with Gasteiger partial charge in [-0.1, -0.05) is 17.7 Å². The number of phenols is 3. The first-order valence-corrected chi connectivity index (χ1v) is 8.59. The largest absolute Gasteiger partial charge is 0.508 e. The van der Waals surface area contributed by atoms with Gasteiger partial charge in [0.05, 0.1) is 18.6 Å². The first-order valence-electron chi connectivity index (χ1n) is 8.59. The highest BCUT2D eigenvalue weighted by molar-refractivity contribution is 6.05. The van der Waals surface area contributed by atoms with Crippen molar-refractivity contribution in [3.05, 3.63) is 52.6 Å². The maximum absolute atomic E-state index is 13.0. The number of allylic oxidation sites excluding steroid dienone is 2. The average molecular weight is 370 g/mol. The fraction of sp³-hybridized carbons (Fsp3) is 0.286. The van der Waals surface area contributed by atoms with Gasteiger partial charge in [-0.05, 0) is 38.5 Å². The Balaban J connectivity index is 2.02. The number of carbonyl (C=O) groups excluding carboxylic acids is 1. The molecule has 0 aromatic heterocycles. The van der Waals surface area contributed by atoms with Crippen LogP contribution in [0, 0.1) is 0 Å². The van der Waals surface area contributed by atoms with Crippen LogP contribution in [-0.2, 0) is 6.42 Å². The van der Waals surface area contributed by atoms with E-state index in [1.54, 1.807) is 0 Å². The summed E-state index contributed by atoms with van der Waals surface area (Å²) >= 11 is 0. The molecule has 0 fully saturated rings. The number of Topliss-reactive ketones (excluding diaryl/α,β-unsaturated/α-hetero) is 1. The van der Waals surface area contributed by atoms with Gasteiger partial charge >= 0.3 is 0 Å². The predicted octanol–water partition coefficient (Wildman–Crippen LogP) is 3.68. The van der Waals surface area contributed by atoms with Gasteiger partial charge in [-0.15, -0.1) is 0 Å². The van der Waals surface area contributed by atoms with Crippen molar-refractivity contribution in [2.24, 2.45) is 0 Å². The number of ether oxygens (including phenoxy) is 2. The number of hydrogen-bond acceptors (Lipinski definition) is 6. The standard InChI is InChI=1S/C21H22O6/c1-11(2)4-5-13-16(22)8-6-14-18(23)15(10-27-21(13)14)12-7-9-17(26-3)20(25)19(12)24/h4,6-9,15,22,24-25H,5,10H2,1-3H3. The van der Waals surface area contributed by atoms with Crippen LogP contribution in [0.1, 0.15) is 41.3 Å². The molecule has 3 N–H and O–H groups in total. The van der Waals surface area contributed by atoms with Crippen molar-refractivity contribution in [3.63, 3.8) is 0 Å². The summed E-state index contributed by atoms with van der Waals surface area (Å²) in [6, 6.07) is 6.02. The molecule has 1 atom stereocenters. The van der Waals surface area contributed by atoms with Crippen LogP contribution in [0.2, 0.25) is 0 Å². The van der Waals surface area contributed by atoms with Crippen LogP contribution in [0.4, 0.5) is 0 Å². The fourth-order valence-corrected chi connectivity index (χ4v) is 3.16. The Morgan fingerprint density at radius 2 is 1.93 bits per heavy atom. The molecule has 1 aliphatic rings. The van der Waals surface area contributed by atoms with E-state index in [0.29, 0.717) is 23.3 Å². The Labute approximate surface area is 157 Å². The molecule has 0 saturated carbocycles. The summed E-state index contributed by atoms with van der Waals surface area (Å²) in [6.45, 7) is 3.90. The Bertz CT molecular complexity index is 925. The summed E-state index contributed by atoms with van der Waals surface area (Å²) in [5, 5.41) is 30.5. The molecule has 1 unspecified atom stereocenters. The molecule has 2 aromatic rings. The lowest BCUT2D eigenvalue weighted by atomic mass is 9.86. The maximum atomic E-state index is 13.0. The summed E-state index contributed by atoms with van der Waals surface area (Å²) < 4.78 is 10.8. The second-order valence-corrected chi connectivity index (χ2v) is 6.71. The minimum Gasteiger partial charge on any atom is -0.508 e. The minimum atomic E-state index is -0.768. The molecule has 3 rings (SSSR count). The summed E-state index contributed by atoms with van der Waals surface area (Å²) in [5.74, 6) is -1.26. The molecule has 6 heteroatoms. The second kappa shape index (κ2) is 7.23. The molecular formula is C21H22O6. The van der Waals surface area contributed by atoms with Crippen LogP contribution < -0.4 is 9.47 Å². The van der Waals surface area contributed by atoms with Gasteiger partial charge in [0.15, 0.2) is 17.3 Å². The van der Waals surface area contributed by atoms with Gasteiger partial charge < -0.3 is 24.8 Å². The van der Waals surface area contributed by atoms with Crippen LogP contribution in [0.5, 0.6) is 28.7 Å². The van der Waals surface area contributed by atoms with Crippen molar-refractivity contribution in [2.75, 3.05) is 13.7 Å². The minimum absolute atomic E-state index is 0.00353. The van der Waals surface area contributed by atoms with Crippen molar-refractivity contribution in [3.8, 4) is 28.7 Å². The van der Waals surface area contributed by atoms with Crippen molar-refractivity contribution in [1.82, 2.24) is 0 Å². The summed E-state index contributed by atoms with van der Waals surface area (Å²) in [6.07, 6.45) is 2.40. The number of phenolic OH excluding ortho intramolecular Hbond substituents is 3. The smallest absolute Gasteiger partial charge is 0.200 e. The number of carbonyl (C=O) groups is 1. The van der Waals surface area contributed by atoms with Gasteiger partial charge in [-0.3, -0.25) is 4.79 Å². The molecule has 142 valence electrons. The number of benzene rings is 2. The molecule has 1 aliphatic heterocycles. The van der Waals surface area contributed by atoms with Gasteiger partial charge in [0.2, 0.25) is 5.75 Å². The Morgan fingerprint density at radius 3 is 2.59 bits per heavy atom. The van der Waals surface area contributed by atoms with E-state index < -0.39 is 17.4 Å². The molecular weight excluding hydrogens is 348 g/mol. The fourth-order valence-electron chi connectivity index (χ4n) is 3.16. The van der Waals surface area contributed by atoms with E-state index in [1.165, 1.54) is 31.4 Å². The maximum Gasteiger partial charge on any atom is 0.200 e. The third-order valence-corrected chi connectivity index (χ3v) is 4.67. The first-order chi connectivity index (χ1) is 12.8. The Hall–Kier alpha value is -3.15. The second-order valence-electron chi connectivity index (χ2n) is 6.71. The normalized spacial score (nSPS) is 15.7. The van der Waals surface area contributed by atoms with Crippen molar-refractivity contribution in [1.29, 1.82) is 0 Å². The topological polar surface area (TPSA) is 96.2 Å². The summed E-state index contributed by atoms with van der Waals surface area (Å²) in [5.41, 5.74) is 2.26. The van der Waals surface area contributed by atoms with Crippen LogP contribution in [0.3, 0.4) is 0 Å². The molecule has 0 spiro atoms. The molecule has 0 radical (unpaired) electrons. The van der Waals surface area contributed by atoms with Crippen LogP contribution in [-0.4, -0.2) is 34.8 Å². The van der Waals surface area contributed by atoms with E-state index in [0.717, 1.165) is 5.57 Å². The van der Waals surface area contributed by atoms with E-state index >= 15 is 0 Å². The van der Waals surface area contributed by atoms with Crippen molar-refractivity contribution < 1.29 is 29.6 Å². The third-order valence-electron chi connectivity index (χ3n) is 4.67. The van der Waals surface area contributed by atoms with E-state index in [9.17, 15) is 20.1 Å². The molecule has 1 heterocycles. The van der Waals surface area contributed by atoms with E-state index in [1.807, 2.05) is 19.9 Å². The van der Waals surface area contributed by atoms with Gasteiger partial charge in [0.25, 0.3) is 0 Å². The highest BCUT2D eigenvalue weighted by Gasteiger charge is 2.34. The highest BCUT2D eigenvalue weighted by atomic mass is 16.5. The molecule has 0 amide bonds. The monoisotopic (exact) mass is 370 g/mol. The average Bonchev–Trinajstić information content (AvgIpc) is 2.64. The zero-order valence-electron chi connectivity index (χ0n) is 15.4. The molecule has 2 aromatic carbocycles. The van der Waals surface area contributed by atoms with Crippen molar-refractivity contribution >= 4 is 5.78 Å². The third kappa shape index (κ3) is 3.30. The van der Waals surface area contributed by atoms with Crippen LogP contribution in [0.25, 0.3) is 0 Å². The predicted molar refractivity (Wildman–Crippen MR) is 100 cm³/mol. The summed E-state index contributed by atoms with van der Waals surface area (Å²) in [7, 11) is 1.37. The quantitative estimate of drug-likeness (QED) is 0.561. The number of fused-ring (bicyclic) bond motifs is 1. The number of methoxy groups -OCH3 is 1.